The third-order valence-corrected chi connectivity index (χ3v) is 3.46. The zero-order chi connectivity index (χ0) is 16.8. The van der Waals surface area contributed by atoms with E-state index in [1.54, 1.807) is 31.2 Å². The molecule has 23 heavy (non-hydrogen) atoms. The number of aryl methyl sites for hydroxylation is 1. The van der Waals surface area contributed by atoms with Gasteiger partial charge in [0.05, 0.1) is 5.39 Å². The number of nitrogens with zero attached hydrogens (tertiary/aromatic N) is 2. The summed E-state index contributed by atoms with van der Waals surface area (Å²) < 4.78 is 1.23. The van der Waals surface area contributed by atoms with Crippen molar-refractivity contribution in [2.75, 3.05) is 0 Å². The van der Waals surface area contributed by atoms with Crippen molar-refractivity contribution in [2.45, 2.75) is 39.7 Å². The topological polar surface area (TPSA) is 93.1 Å². The lowest BCUT2D eigenvalue weighted by atomic mass is 10.1. The highest BCUT2D eigenvalue weighted by Crippen LogP contribution is 2.12. The minimum Gasteiger partial charge on any atom is -0.273 e. The number of carbonyl (C=O) groups excluding carboxylic acids is 2. The van der Waals surface area contributed by atoms with Crippen LogP contribution >= 0.6 is 0 Å². The zero-order valence-electron chi connectivity index (χ0n) is 13.3. The average Bonchev–Trinajstić information content (AvgIpc) is 2.58. The maximum Gasteiger partial charge on any atom is 0.290 e. The van der Waals surface area contributed by atoms with Gasteiger partial charge in [0, 0.05) is 18.4 Å². The molecule has 7 nitrogen and oxygen atoms in total. The molecule has 0 aliphatic heterocycles. The minimum absolute atomic E-state index is 0.109. The molecule has 2 N–H and O–H groups in total. The molecular formula is C16H20N4O3. The number of carbonyl (C=O) groups is 2. The summed E-state index contributed by atoms with van der Waals surface area (Å²) in [5.41, 5.74) is 4.59. The van der Waals surface area contributed by atoms with Crippen LogP contribution in [-0.2, 0) is 11.3 Å². The Morgan fingerprint density at radius 3 is 2.48 bits per heavy atom. The van der Waals surface area contributed by atoms with Gasteiger partial charge in [-0.3, -0.25) is 25.2 Å². The predicted molar refractivity (Wildman–Crippen MR) is 86.8 cm³/mol. The highest BCUT2D eigenvalue weighted by atomic mass is 16.2. The first-order chi connectivity index (χ1) is 11.1. The molecule has 2 aromatic rings. The van der Waals surface area contributed by atoms with Gasteiger partial charge in [-0.05, 0) is 19.4 Å². The third-order valence-electron chi connectivity index (χ3n) is 3.46. The lowest BCUT2D eigenvalue weighted by Crippen LogP contribution is -2.42. The van der Waals surface area contributed by atoms with Gasteiger partial charge in [0.25, 0.3) is 11.5 Å². The van der Waals surface area contributed by atoms with E-state index in [1.807, 2.05) is 6.92 Å². The SMILES string of the molecule is CCCCC(=O)NNC(=O)c1nn(CC)c(=O)c2ccccc12. The highest BCUT2D eigenvalue weighted by molar-refractivity contribution is 6.05. The average molecular weight is 316 g/mol. The number of fused-ring (bicyclic) bond motifs is 1. The first-order valence-electron chi connectivity index (χ1n) is 7.67. The van der Waals surface area contributed by atoms with Gasteiger partial charge < -0.3 is 0 Å². The Morgan fingerprint density at radius 2 is 1.83 bits per heavy atom. The summed E-state index contributed by atoms with van der Waals surface area (Å²) >= 11 is 0. The van der Waals surface area contributed by atoms with Gasteiger partial charge in [0.2, 0.25) is 5.91 Å². The molecule has 0 unspecified atom stereocenters. The van der Waals surface area contributed by atoms with E-state index in [4.69, 9.17) is 0 Å². The molecule has 0 fully saturated rings. The maximum atomic E-state index is 12.3. The number of hydrazine groups is 1. The summed E-state index contributed by atoms with van der Waals surface area (Å²) in [7, 11) is 0. The van der Waals surface area contributed by atoms with Crippen LogP contribution in [0.4, 0.5) is 0 Å². The zero-order valence-corrected chi connectivity index (χ0v) is 13.3. The van der Waals surface area contributed by atoms with Gasteiger partial charge >= 0.3 is 0 Å². The van der Waals surface area contributed by atoms with Crippen molar-refractivity contribution < 1.29 is 9.59 Å². The van der Waals surface area contributed by atoms with Crippen LogP contribution in [0.25, 0.3) is 10.8 Å². The second-order valence-electron chi connectivity index (χ2n) is 5.12. The Bertz CT molecular complexity index is 782. The Balaban J connectivity index is 2.28. The smallest absolute Gasteiger partial charge is 0.273 e. The summed E-state index contributed by atoms with van der Waals surface area (Å²) in [6, 6.07) is 6.79. The maximum absolute atomic E-state index is 12.3. The Hall–Kier alpha value is -2.70. The predicted octanol–water partition coefficient (Wildman–Crippen LogP) is 1.37. The molecule has 2 rings (SSSR count). The molecule has 0 spiro atoms. The second kappa shape index (κ2) is 7.53. The molecule has 2 amide bonds. The molecule has 0 saturated carbocycles. The standard InChI is InChI=1S/C16H20N4O3/c1-3-5-10-13(21)17-18-15(22)14-11-8-6-7-9-12(11)16(23)20(4-2)19-14/h6-9H,3-5,10H2,1-2H3,(H,17,21)(H,18,22). The fourth-order valence-corrected chi connectivity index (χ4v) is 2.20. The summed E-state index contributed by atoms with van der Waals surface area (Å²) in [6.07, 6.45) is 2.00. The van der Waals surface area contributed by atoms with Crippen LogP contribution in [0.5, 0.6) is 0 Å². The van der Waals surface area contributed by atoms with E-state index in [9.17, 15) is 14.4 Å². The van der Waals surface area contributed by atoms with Gasteiger partial charge in [-0.2, -0.15) is 5.10 Å². The van der Waals surface area contributed by atoms with Gasteiger partial charge in [-0.1, -0.05) is 31.5 Å². The lowest BCUT2D eigenvalue weighted by molar-refractivity contribution is -0.121. The van der Waals surface area contributed by atoms with Crippen molar-refractivity contribution in [3.8, 4) is 0 Å². The van der Waals surface area contributed by atoms with Crippen molar-refractivity contribution >= 4 is 22.6 Å². The highest BCUT2D eigenvalue weighted by Gasteiger charge is 2.16. The molecule has 0 bridgehead atoms. The first-order valence-corrected chi connectivity index (χ1v) is 7.67. The molecule has 1 aromatic carbocycles. The Labute approximate surface area is 133 Å². The van der Waals surface area contributed by atoms with Gasteiger partial charge in [0.1, 0.15) is 0 Å². The monoisotopic (exact) mass is 316 g/mol. The largest absolute Gasteiger partial charge is 0.290 e. The Morgan fingerprint density at radius 1 is 1.13 bits per heavy atom. The van der Waals surface area contributed by atoms with E-state index >= 15 is 0 Å². The lowest BCUT2D eigenvalue weighted by Gasteiger charge is -2.10. The number of hydrogen-bond acceptors (Lipinski definition) is 4. The van der Waals surface area contributed by atoms with Gasteiger partial charge in [-0.25, -0.2) is 4.68 Å². The minimum atomic E-state index is -0.548. The number of aromatic nitrogens is 2. The molecule has 1 aromatic heterocycles. The molecule has 0 atom stereocenters. The number of hydrogen-bond donors (Lipinski definition) is 2. The van der Waals surface area contributed by atoms with Crippen LogP contribution in [0.3, 0.4) is 0 Å². The van der Waals surface area contributed by atoms with Crippen LogP contribution in [0.2, 0.25) is 0 Å². The summed E-state index contributed by atoms with van der Waals surface area (Å²) in [5.74, 6) is -0.804. The van der Waals surface area contributed by atoms with Crippen molar-refractivity contribution in [1.82, 2.24) is 20.6 Å². The summed E-state index contributed by atoms with van der Waals surface area (Å²) in [6.45, 7) is 4.11. The first kappa shape index (κ1) is 16.7. The molecule has 122 valence electrons. The number of unbranched alkanes of at least 4 members (excludes halogenated alkanes) is 1. The quantitative estimate of drug-likeness (QED) is 0.815. The molecule has 1 heterocycles. The van der Waals surface area contributed by atoms with Crippen LogP contribution in [0, 0.1) is 0 Å². The number of rotatable bonds is 5. The number of benzene rings is 1. The van der Waals surface area contributed by atoms with Gasteiger partial charge in [0.15, 0.2) is 5.69 Å². The van der Waals surface area contributed by atoms with Crippen LogP contribution in [0.1, 0.15) is 43.6 Å². The molecule has 0 radical (unpaired) electrons. The van der Waals surface area contributed by atoms with Crippen LogP contribution in [0.15, 0.2) is 29.1 Å². The third kappa shape index (κ3) is 3.74. The fourth-order valence-electron chi connectivity index (χ4n) is 2.20. The number of amides is 2. The molecule has 0 aliphatic rings. The van der Waals surface area contributed by atoms with Gasteiger partial charge in [-0.15, -0.1) is 0 Å². The normalized spacial score (nSPS) is 10.5. The summed E-state index contributed by atoms with van der Waals surface area (Å²) in [4.78, 5) is 36.1. The van der Waals surface area contributed by atoms with E-state index in [1.165, 1.54) is 4.68 Å². The molecule has 0 aliphatic carbocycles. The van der Waals surface area contributed by atoms with E-state index in [0.29, 0.717) is 23.7 Å². The molecule has 7 heteroatoms. The molecular weight excluding hydrogens is 296 g/mol. The van der Waals surface area contributed by atoms with Crippen molar-refractivity contribution in [3.05, 3.63) is 40.3 Å². The molecule has 0 saturated heterocycles. The van der Waals surface area contributed by atoms with Crippen molar-refractivity contribution in [3.63, 3.8) is 0 Å². The van der Waals surface area contributed by atoms with E-state index < -0.39 is 5.91 Å². The summed E-state index contributed by atoms with van der Waals surface area (Å²) in [5, 5.41) is 4.98. The van der Waals surface area contributed by atoms with Crippen molar-refractivity contribution in [1.29, 1.82) is 0 Å². The fraction of sp³-hybridized carbons (Fsp3) is 0.375. The Kier molecular flexibility index (Phi) is 5.46. The van der Waals surface area contributed by atoms with Crippen LogP contribution < -0.4 is 16.4 Å². The second-order valence-corrected chi connectivity index (χ2v) is 5.12. The van der Waals surface area contributed by atoms with E-state index in [2.05, 4.69) is 16.0 Å². The van der Waals surface area contributed by atoms with Crippen LogP contribution in [-0.4, -0.2) is 21.6 Å². The number of nitrogens with one attached hydrogen (secondary N) is 2. The van der Waals surface area contributed by atoms with E-state index in [0.717, 1.165) is 12.8 Å². The van der Waals surface area contributed by atoms with Crippen molar-refractivity contribution in [2.24, 2.45) is 0 Å². The van der Waals surface area contributed by atoms with E-state index in [-0.39, 0.29) is 17.2 Å².